The first-order chi connectivity index (χ1) is 13.7. The lowest BCUT2D eigenvalue weighted by atomic mass is 9.83. The highest BCUT2D eigenvalue weighted by atomic mass is 16.1. The molecule has 0 aliphatic rings. The molecule has 1 aromatic carbocycles. The molecule has 0 bridgehead atoms. The number of primary amides is 1. The van der Waals surface area contributed by atoms with E-state index in [0.717, 1.165) is 12.8 Å². The number of carbonyl (C=O) groups excluding carboxylic acids is 1. The molecule has 0 saturated carbocycles. The van der Waals surface area contributed by atoms with Gasteiger partial charge in [0.05, 0.1) is 0 Å². The molecule has 0 aliphatic heterocycles. The molecular formula is C26H43NO. The molecule has 2 heteroatoms. The van der Waals surface area contributed by atoms with Gasteiger partial charge in [-0.15, -0.1) is 0 Å². The Morgan fingerprint density at radius 3 is 1.96 bits per heavy atom. The topological polar surface area (TPSA) is 43.1 Å². The van der Waals surface area contributed by atoms with Gasteiger partial charge in [0, 0.05) is 5.92 Å². The van der Waals surface area contributed by atoms with E-state index in [1.54, 1.807) is 0 Å². The lowest BCUT2D eigenvalue weighted by molar-refractivity contribution is -0.122. The summed E-state index contributed by atoms with van der Waals surface area (Å²) in [5, 5.41) is 0. The zero-order valence-electron chi connectivity index (χ0n) is 18.4. The first-order valence-corrected chi connectivity index (χ1v) is 11.7. The quantitative estimate of drug-likeness (QED) is 0.218. The van der Waals surface area contributed by atoms with Crippen LogP contribution < -0.4 is 5.73 Å². The predicted molar refractivity (Wildman–Crippen MR) is 122 cm³/mol. The Morgan fingerprint density at radius 2 is 1.39 bits per heavy atom. The van der Waals surface area contributed by atoms with Gasteiger partial charge >= 0.3 is 0 Å². The van der Waals surface area contributed by atoms with E-state index in [4.69, 9.17) is 5.73 Å². The van der Waals surface area contributed by atoms with Crippen molar-refractivity contribution in [2.75, 3.05) is 0 Å². The van der Waals surface area contributed by atoms with Crippen molar-refractivity contribution in [2.45, 2.75) is 103 Å². The van der Waals surface area contributed by atoms with Gasteiger partial charge in [0.2, 0.25) is 5.91 Å². The molecule has 1 aromatic rings. The van der Waals surface area contributed by atoms with Gasteiger partial charge in [-0.1, -0.05) is 108 Å². The highest BCUT2D eigenvalue weighted by Gasteiger charge is 2.23. The number of amides is 1. The van der Waals surface area contributed by atoms with Gasteiger partial charge in [-0.25, -0.2) is 0 Å². The van der Waals surface area contributed by atoms with E-state index in [9.17, 15) is 4.79 Å². The van der Waals surface area contributed by atoms with Crippen LogP contribution in [0.2, 0.25) is 0 Å². The van der Waals surface area contributed by atoms with E-state index < -0.39 is 0 Å². The van der Waals surface area contributed by atoms with Crippen LogP contribution in [0.1, 0.15) is 109 Å². The van der Waals surface area contributed by atoms with Crippen molar-refractivity contribution < 1.29 is 4.79 Å². The first kappa shape index (κ1) is 24.5. The molecule has 0 saturated heterocycles. The Labute approximate surface area is 174 Å². The summed E-state index contributed by atoms with van der Waals surface area (Å²) in [4.78, 5) is 11.9. The zero-order valence-corrected chi connectivity index (χ0v) is 18.4. The summed E-state index contributed by atoms with van der Waals surface area (Å²) in [6, 6.07) is 10.3. The maximum atomic E-state index is 11.9. The molecule has 2 unspecified atom stereocenters. The summed E-state index contributed by atoms with van der Waals surface area (Å²) < 4.78 is 0. The van der Waals surface area contributed by atoms with Crippen molar-refractivity contribution in [3.8, 4) is 0 Å². The molecule has 0 aliphatic carbocycles. The highest BCUT2D eigenvalue weighted by molar-refractivity contribution is 5.77. The maximum absolute atomic E-state index is 11.9. The molecule has 0 fully saturated rings. The number of allylic oxidation sites excluding steroid dienone is 2. The standard InChI is InChI=1S/C26H43NO/c1-3-4-5-6-7-8-9-10-11-12-13-14-15-19-22-25(26(27)28)23(2)24-20-17-16-18-21-24/h10-11,16-18,20-21,23,25H,3-9,12-15,19,22H2,1-2H3,(H2,27,28). The molecule has 0 heterocycles. The number of carbonyl (C=O) groups is 1. The summed E-state index contributed by atoms with van der Waals surface area (Å²) in [5.41, 5.74) is 6.89. The van der Waals surface area contributed by atoms with Crippen LogP contribution in [0, 0.1) is 5.92 Å². The minimum absolute atomic E-state index is 0.0559. The highest BCUT2D eigenvalue weighted by Crippen LogP contribution is 2.28. The number of rotatable bonds is 17. The number of nitrogens with two attached hydrogens (primary N) is 1. The van der Waals surface area contributed by atoms with Crippen molar-refractivity contribution in [1.82, 2.24) is 0 Å². The Hall–Kier alpha value is -1.57. The Kier molecular flexibility index (Phi) is 14.3. The van der Waals surface area contributed by atoms with Crippen molar-refractivity contribution >= 4 is 5.91 Å². The van der Waals surface area contributed by atoms with Gasteiger partial charge in [-0.05, 0) is 43.6 Å². The van der Waals surface area contributed by atoms with E-state index >= 15 is 0 Å². The van der Waals surface area contributed by atoms with Crippen LogP contribution in [0.15, 0.2) is 42.5 Å². The van der Waals surface area contributed by atoms with Gasteiger partial charge in [0.25, 0.3) is 0 Å². The monoisotopic (exact) mass is 385 g/mol. The van der Waals surface area contributed by atoms with Crippen LogP contribution in [-0.4, -0.2) is 5.91 Å². The second-order valence-corrected chi connectivity index (χ2v) is 8.23. The van der Waals surface area contributed by atoms with Crippen molar-refractivity contribution in [1.29, 1.82) is 0 Å². The van der Waals surface area contributed by atoms with E-state index in [0.29, 0.717) is 0 Å². The largest absolute Gasteiger partial charge is 0.369 e. The molecule has 1 amide bonds. The SMILES string of the molecule is CCCCCCCCC=CCCCCCCC(C(N)=O)C(C)c1ccccc1. The Balaban J connectivity index is 2.07. The summed E-state index contributed by atoms with van der Waals surface area (Å²) in [6.45, 7) is 4.39. The lowest BCUT2D eigenvalue weighted by Crippen LogP contribution is -2.27. The second-order valence-electron chi connectivity index (χ2n) is 8.23. The minimum atomic E-state index is -0.158. The summed E-state index contributed by atoms with van der Waals surface area (Å²) in [7, 11) is 0. The molecule has 1 rings (SSSR count). The van der Waals surface area contributed by atoms with Crippen molar-refractivity contribution in [3.05, 3.63) is 48.0 Å². The summed E-state index contributed by atoms with van der Waals surface area (Å²) in [6.07, 6.45) is 21.1. The Bertz CT molecular complexity index is 522. The smallest absolute Gasteiger partial charge is 0.221 e. The molecule has 2 N–H and O–H groups in total. The number of hydrogen-bond acceptors (Lipinski definition) is 1. The number of benzene rings is 1. The second kappa shape index (κ2) is 16.4. The van der Waals surface area contributed by atoms with Crippen LogP contribution in [0.3, 0.4) is 0 Å². The van der Waals surface area contributed by atoms with Crippen LogP contribution >= 0.6 is 0 Å². The normalized spacial score (nSPS) is 13.6. The van der Waals surface area contributed by atoms with E-state index in [2.05, 4.69) is 38.1 Å². The zero-order chi connectivity index (χ0) is 20.5. The van der Waals surface area contributed by atoms with Crippen LogP contribution in [0.4, 0.5) is 0 Å². The molecular weight excluding hydrogens is 342 g/mol. The van der Waals surface area contributed by atoms with E-state index in [1.807, 2.05) is 18.2 Å². The molecule has 158 valence electrons. The maximum Gasteiger partial charge on any atom is 0.221 e. The van der Waals surface area contributed by atoms with Crippen molar-refractivity contribution in [2.24, 2.45) is 11.7 Å². The van der Waals surface area contributed by atoms with Crippen LogP contribution in [-0.2, 0) is 4.79 Å². The number of hydrogen-bond donors (Lipinski definition) is 1. The predicted octanol–water partition coefficient (Wildman–Crippen LogP) is 7.54. The molecule has 0 aromatic heterocycles. The van der Waals surface area contributed by atoms with Crippen molar-refractivity contribution in [3.63, 3.8) is 0 Å². The minimum Gasteiger partial charge on any atom is -0.369 e. The fraction of sp³-hybridized carbons (Fsp3) is 0.654. The van der Waals surface area contributed by atoms with Gasteiger partial charge in [0.15, 0.2) is 0 Å². The van der Waals surface area contributed by atoms with E-state index in [-0.39, 0.29) is 17.7 Å². The van der Waals surface area contributed by atoms with Crippen LogP contribution in [0.25, 0.3) is 0 Å². The van der Waals surface area contributed by atoms with E-state index in [1.165, 1.54) is 76.2 Å². The third-order valence-corrected chi connectivity index (χ3v) is 5.82. The lowest BCUT2D eigenvalue weighted by Gasteiger charge is -2.21. The average Bonchev–Trinajstić information content (AvgIpc) is 2.71. The third kappa shape index (κ3) is 11.3. The molecule has 0 spiro atoms. The Morgan fingerprint density at radius 1 is 0.857 bits per heavy atom. The first-order valence-electron chi connectivity index (χ1n) is 11.7. The van der Waals surface area contributed by atoms with Gasteiger partial charge < -0.3 is 5.73 Å². The average molecular weight is 386 g/mol. The van der Waals surface area contributed by atoms with Gasteiger partial charge in [0.1, 0.15) is 0 Å². The molecule has 2 nitrogen and oxygen atoms in total. The molecule has 28 heavy (non-hydrogen) atoms. The van der Waals surface area contributed by atoms with Gasteiger partial charge in [-0.3, -0.25) is 4.79 Å². The third-order valence-electron chi connectivity index (χ3n) is 5.82. The fourth-order valence-electron chi connectivity index (χ4n) is 3.89. The van der Waals surface area contributed by atoms with Crippen LogP contribution in [0.5, 0.6) is 0 Å². The number of unbranched alkanes of at least 4 members (excludes halogenated alkanes) is 10. The summed E-state index contributed by atoms with van der Waals surface area (Å²) in [5.74, 6) is -0.0165. The summed E-state index contributed by atoms with van der Waals surface area (Å²) >= 11 is 0. The fourth-order valence-corrected chi connectivity index (χ4v) is 3.89. The van der Waals surface area contributed by atoms with Gasteiger partial charge in [-0.2, -0.15) is 0 Å². The molecule has 2 atom stereocenters. The molecule has 0 radical (unpaired) electrons.